The highest BCUT2D eigenvalue weighted by Crippen LogP contribution is 2.29. The fourth-order valence-electron chi connectivity index (χ4n) is 2.13. The lowest BCUT2D eigenvalue weighted by atomic mass is 10.2. The summed E-state index contributed by atoms with van der Waals surface area (Å²) in [6.07, 6.45) is -0.329. The Hall–Kier alpha value is -2.58. The molecule has 0 aliphatic carbocycles. The highest BCUT2D eigenvalue weighted by molar-refractivity contribution is 7.10. The molecule has 134 valence electrons. The van der Waals surface area contributed by atoms with E-state index in [2.05, 4.69) is 10.6 Å². The van der Waals surface area contributed by atoms with Crippen LogP contribution in [-0.4, -0.2) is 37.7 Å². The minimum Gasteiger partial charge on any atom is -0.493 e. The van der Waals surface area contributed by atoms with Crippen LogP contribution in [-0.2, 0) is 9.59 Å². The van der Waals surface area contributed by atoms with E-state index in [0.717, 1.165) is 4.88 Å². The highest BCUT2D eigenvalue weighted by Gasteiger charge is 2.16. The minimum absolute atomic E-state index is 0.192. The lowest BCUT2D eigenvalue weighted by molar-refractivity contribution is -0.136. The van der Waals surface area contributed by atoms with Crippen LogP contribution >= 0.6 is 11.3 Å². The molecule has 0 fully saturated rings. The van der Waals surface area contributed by atoms with E-state index in [1.807, 2.05) is 17.5 Å². The summed E-state index contributed by atoms with van der Waals surface area (Å²) in [7, 11) is 2.99. The van der Waals surface area contributed by atoms with E-state index in [4.69, 9.17) is 9.47 Å². The van der Waals surface area contributed by atoms with Crippen LogP contribution in [0.1, 0.15) is 17.4 Å². The average Bonchev–Trinajstić information content (AvgIpc) is 3.16. The zero-order valence-corrected chi connectivity index (χ0v) is 14.8. The first-order valence-electron chi connectivity index (χ1n) is 7.57. The number of carbonyl (C=O) groups is 2. The zero-order chi connectivity index (χ0) is 18.2. The van der Waals surface area contributed by atoms with E-state index < -0.39 is 17.9 Å². The van der Waals surface area contributed by atoms with Gasteiger partial charge in [-0.1, -0.05) is 6.07 Å². The smallest absolute Gasteiger partial charge is 0.313 e. The molecule has 3 N–H and O–H groups in total. The second-order valence-electron chi connectivity index (χ2n) is 5.10. The summed E-state index contributed by atoms with van der Waals surface area (Å²) in [5.41, 5.74) is 0.413. The van der Waals surface area contributed by atoms with Crippen LogP contribution in [0.15, 0.2) is 35.7 Å². The van der Waals surface area contributed by atoms with Gasteiger partial charge in [0, 0.05) is 23.2 Å². The van der Waals surface area contributed by atoms with Crippen LogP contribution in [0, 0.1) is 0 Å². The van der Waals surface area contributed by atoms with Gasteiger partial charge in [0.25, 0.3) is 0 Å². The number of benzene rings is 1. The van der Waals surface area contributed by atoms with Crippen molar-refractivity contribution in [2.45, 2.75) is 12.5 Å². The maximum absolute atomic E-state index is 11.9. The SMILES string of the molecule is COc1ccc(NC(=O)C(=O)NCCC(O)c2cccs2)cc1OC. The first-order valence-corrected chi connectivity index (χ1v) is 8.45. The lowest BCUT2D eigenvalue weighted by Gasteiger charge is -2.11. The molecule has 8 heteroatoms. The first kappa shape index (κ1) is 18.8. The third-order valence-corrected chi connectivity index (χ3v) is 4.40. The van der Waals surface area contributed by atoms with Gasteiger partial charge in [-0.05, 0) is 30.0 Å². The minimum atomic E-state index is -0.794. The van der Waals surface area contributed by atoms with Gasteiger partial charge >= 0.3 is 11.8 Å². The molecule has 1 aromatic carbocycles. The van der Waals surface area contributed by atoms with Crippen molar-refractivity contribution in [1.29, 1.82) is 0 Å². The Morgan fingerprint density at radius 1 is 1.16 bits per heavy atom. The number of hydrogen-bond donors (Lipinski definition) is 3. The molecule has 0 saturated heterocycles. The molecule has 1 aromatic heterocycles. The van der Waals surface area contributed by atoms with Gasteiger partial charge in [-0.3, -0.25) is 9.59 Å². The number of carbonyl (C=O) groups excluding carboxylic acids is 2. The zero-order valence-electron chi connectivity index (χ0n) is 13.9. The Labute approximate surface area is 149 Å². The quantitative estimate of drug-likeness (QED) is 0.653. The third-order valence-electron chi connectivity index (χ3n) is 3.42. The van der Waals surface area contributed by atoms with Gasteiger partial charge in [0.15, 0.2) is 11.5 Å². The molecule has 0 radical (unpaired) electrons. The summed E-state index contributed by atoms with van der Waals surface area (Å²) in [6, 6.07) is 8.46. The fraction of sp³-hybridized carbons (Fsp3) is 0.294. The third kappa shape index (κ3) is 5.20. The summed E-state index contributed by atoms with van der Waals surface area (Å²) < 4.78 is 10.3. The molecular weight excluding hydrogens is 344 g/mol. The summed E-state index contributed by atoms with van der Waals surface area (Å²) in [5, 5.41) is 16.8. The molecule has 2 aromatic rings. The van der Waals surface area contributed by atoms with Crippen molar-refractivity contribution in [3.63, 3.8) is 0 Å². The number of thiophene rings is 1. The molecule has 1 atom stereocenters. The second-order valence-corrected chi connectivity index (χ2v) is 6.08. The van der Waals surface area contributed by atoms with Crippen LogP contribution < -0.4 is 20.1 Å². The van der Waals surface area contributed by atoms with Crippen LogP contribution in [0.5, 0.6) is 11.5 Å². The number of hydrogen-bond acceptors (Lipinski definition) is 6. The number of methoxy groups -OCH3 is 2. The topological polar surface area (TPSA) is 96.9 Å². The summed E-state index contributed by atoms with van der Waals surface area (Å²) in [6.45, 7) is 0.192. The number of aliphatic hydroxyl groups is 1. The molecule has 2 rings (SSSR count). The Morgan fingerprint density at radius 3 is 2.56 bits per heavy atom. The van der Waals surface area contributed by atoms with Crippen LogP contribution in [0.2, 0.25) is 0 Å². The van der Waals surface area contributed by atoms with Crippen LogP contribution in [0.25, 0.3) is 0 Å². The fourth-order valence-corrected chi connectivity index (χ4v) is 2.87. The second kappa shape index (κ2) is 9.05. The number of rotatable bonds is 7. The predicted molar refractivity (Wildman–Crippen MR) is 95.1 cm³/mol. The number of ether oxygens (including phenoxy) is 2. The monoisotopic (exact) mass is 364 g/mol. The highest BCUT2D eigenvalue weighted by atomic mass is 32.1. The van der Waals surface area contributed by atoms with Crippen molar-refractivity contribution in [3.05, 3.63) is 40.6 Å². The van der Waals surface area contributed by atoms with Gasteiger partial charge in [0.2, 0.25) is 0 Å². The molecule has 25 heavy (non-hydrogen) atoms. The molecule has 0 spiro atoms. The average molecular weight is 364 g/mol. The van der Waals surface area contributed by atoms with Crippen molar-refractivity contribution in [3.8, 4) is 11.5 Å². The van der Waals surface area contributed by atoms with Crippen molar-refractivity contribution in [1.82, 2.24) is 5.32 Å². The number of anilines is 1. The van der Waals surface area contributed by atoms with Crippen molar-refractivity contribution < 1.29 is 24.2 Å². The molecule has 2 amide bonds. The Bertz CT molecular complexity index is 718. The number of amides is 2. The first-order chi connectivity index (χ1) is 12.0. The molecule has 7 nitrogen and oxygen atoms in total. The van der Waals surface area contributed by atoms with Gasteiger partial charge in [-0.2, -0.15) is 0 Å². The number of nitrogens with one attached hydrogen (secondary N) is 2. The molecule has 0 saturated carbocycles. The standard InChI is InChI=1S/C17H20N2O5S/c1-23-13-6-5-11(10-14(13)24-2)19-17(22)16(21)18-8-7-12(20)15-4-3-9-25-15/h3-6,9-10,12,20H,7-8H2,1-2H3,(H,18,21)(H,19,22). The maximum Gasteiger partial charge on any atom is 0.313 e. The van der Waals surface area contributed by atoms with Gasteiger partial charge in [-0.15, -0.1) is 11.3 Å². The van der Waals surface area contributed by atoms with Crippen molar-refractivity contribution >= 4 is 28.8 Å². The van der Waals surface area contributed by atoms with E-state index in [1.54, 1.807) is 18.2 Å². The van der Waals surface area contributed by atoms with E-state index >= 15 is 0 Å². The normalized spacial score (nSPS) is 11.5. The lowest BCUT2D eigenvalue weighted by Crippen LogP contribution is -2.36. The molecular formula is C17H20N2O5S. The van der Waals surface area contributed by atoms with E-state index in [9.17, 15) is 14.7 Å². The molecule has 1 heterocycles. The maximum atomic E-state index is 11.9. The summed E-state index contributed by atoms with van der Waals surface area (Å²) in [5.74, 6) is -0.599. The predicted octanol–water partition coefficient (Wildman–Crippen LogP) is 1.94. The van der Waals surface area contributed by atoms with Crippen molar-refractivity contribution in [2.24, 2.45) is 0 Å². The Kier molecular flexibility index (Phi) is 6.79. The number of aliphatic hydroxyl groups excluding tert-OH is 1. The van der Waals surface area contributed by atoms with Gasteiger partial charge in [0.1, 0.15) is 0 Å². The summed E-state index contributed by atoms with van der Waals surface area (Å²) in [4.78, 5) is 24.6. The van der Waals surface area contributed by atoms with E-state index in [-0.39, 0.29) is 6.54 Å². The van der Waals surface area contributed by atoms with Crippen LogP contribution in [0.3, 0.4) is 0 Å². The van der Waals surface area contributed by atoms with Gasteiger partial charge in [0.05, 0.1) is 20.3 Å². The van der Waals surface area contributed by atoms with Gasteiger partial charge < -0.3 is 25.2 Å². The Balaban J connectivity index is 1.83. The van der Waals surface area contributed by atoms with Crippen LogP contribution in [0.4, 0.5) is 5.69 Å². The van der Waals surface area contributed by atoms with E-state index in [0.29, 0.717) is 23.6 Å². The summed E-state index contributed by atoms with van der Waals surface area (Å²) >= 11 is 1.44. The molecule has 0 aliphatic rings. The van der Waals surface area contributed by atoms with Gasteiger partial charge in [-0.25, -0.2) is 0 Å². The Morgan fingerprint density at radius 2 is 1.92 bits per heavy atom. The molecule has 1 unspecified atom stereocenters. The molecule has 0 aliphatic heterocycles. The largest absolute Gasteiger partial charge is 0.493 e. The molecule has 0 bridgehead atoms. The van der Waals surface area contributed by atoms with E-state index in [1.165, 1.54) is 25.6 Å². The van der Waals surface area contributed by atoms with Crippen molar-refractivity contribution in [2.75, 3.05) is 26.1 Å².